The summed E-state index contributed by atoms with van der Waals surface area (Å²) < 4.78 is 5.38. The molecule has 18 heavy (non-hydrogen) atoms. The zero-order valence-electron chi connectivity index (χ0n) is 10.1. The van der Waals surface area contributed by atoms with E-state index in [-0.39, 0.29) is 22.7 Å². The van der Waals surface area contributed by atoms with Gasteiger partial charge in [0.15, 0.2) is 0 Å². The summed E-state index contributed by atoms with van der Waals surface area (Å²) in [5.74, 6) is -1.02. The molecule has 0 aliphatic heterocycles. The second-order valence-corrected chi connectivity index (χ2v) is 4.83. The molecule has 1 saturated carbocycles. The van der Waals surface area contributed by atoms with Crippen molar-refractivity contribution in [2.75, 3.05) is 12.4 Å². The first-order chi connectivity index (χ1) is 8.63. The van der Waals surface area contributed by atoms with Crippen molar-refractivity contribution in [3.63, 3.8) is 0 Å². The molecule has 1 aliphatic carbocycles. The lowest BCUT2D eigenvalue weighted by Gasteiger charge is -2.22. The smallest absolute Gasteiger partial charge is 0.339 e. The minimum Gasteiger partial charge on any atom is -0.478 e. The van der Waals surface area contributed by atoms with Crippen LogP contribution in [0, 0.1) is 0 Å². The van der Waals surface area contributed by atoms with Crippen LogP contribution in [0.4, 0.5) is 5.69 Å². The highest BCUT2D eigenvalue weighted by molar-refractivity contribution is 6.34. The van der Waals surface area contributed by atoms with Crippen LogP contribution in [0.15, 0.2) is 18.2 Å². The summed E-state index contributed by atoms with van der Waals surface area (Å²) in [5, 5.41) is 12.7. The molecule has 1 fully saturated rings. The number of carboxylic acids is 1. The van der Waals surface area contributed by atoms with Crippen LogP contribution >= 0.6 is 11.6 Å². The number of carboxylic acid groups (broad SMARTS) is 1. The molecule has 0 spiro atoms. The van der Waals surface area contributed by atoms with E-state index in [2.05, 4.69) is 5.32 Å². The van der Waals surface area contributed by atoms with Crippen LogP contribution in [-0.2, 0) is 4.74 Å². The topological polar surface area (TPSA) is 58.6 Å². The van der Waals surface area contributed by atoms with Crippen LogP contribution in [0.3, 0.4) is 0 Å². The molecule has 0 radical (unpaired) electrons. The van der Waals surface area contributed by atoms with E-state index >= 15 is 0 Å². The standard InChI is InChI=1S/C13H16ClNO3/c1-18-11-7-3-5-9(11)15-10-6-2-4-8(14)12(10)13(16)17/h2,4,6,9,11,15H,3,5,7H2,1H3,(H,16,17). The molecule has 0 aromatic heterocycles. The minimum atomic E-state index is -1.02. The Morgan fingerprint density at radius 2 is 2.28 bits per heavy atom. The Labute approximate surface area is 111 Å². The van der Waals surface area contributed by atoms with Gasteiger partial charge in [-0.05, 0) is 31.4 Å². The van der Waals surface area contributed by atoms with Gasteiger partial charge in [0.1, 0.15) is 5.56 Å². The van der Waals surface area contributed by atoms with Crippen molar-refractivity contribution < 1.29 is 14.6 Å². The third-order valence-corrected chi connectivity index (χ3v) is 3.64. The van der Waals surface area contributed by atoms with E-state index in [1.54, 1.807) is 25.3 Å². The largest absolute Gasteiger partial charge is 0.478 e. The molecule has 2 atom stereocenters. The summed E-state index contributed by atoms with van der Waals surface area (Å²) in [6.45, 7) is 0. The fourth-order valence-corrected chi connectivity index (χ4v) is 2.69. The molecule has 2 N–H and O–H groups in total. The van der Waals surface area contributed by atoms with Crippen molar-refractivity contribution in [3.05, 3.63) is 28.8 Å². The molecule has 0 heterocycles. The number of nitrogens with one attached hydrogen (secondary N) is 1. The fraction of sp³-hybridized carbons (Fsp3) is 0.462. The molecule has 2 unspecified atom stereocenters. The monoisotopic (exact) mass is 269 g/mol. The van der Waals surface area contributed by atoms with Gasteiger partial charge in [-0.1, -0.05) is 17.7 Å². The Balaban J connectivity index is 2.23. The van der Waals surface area contributed by atoms with E-state index < -0.39 is 5.97 Å². The Hall–Kier alpha value is -1.26. The zero-order chi connectivity index (χ0) is 13.1. The summed E-state index contributed by atoms with van der Waals surface area (Å²) in [6.07, 6.45) is 3.19. The third-order valence-electron chi connectivity index (χ3n) is 3.32. The van der Waals surface area contributed by atoms with Gasteiger partial charge in [0.25, 0.3) is 0 Å². The minimum absolute atomic E-state index is 0.126. The molecule has 1 aromatic carbocycles. The van der Waals surface area contributed by atoms with Gasteiger partial charge < -0.3 is 15.2 Å². The van der Waals surface area contributed by atoms with Gasteiger partial charge >= 0.3 is 5.97 Å². The molecule has 0 amide bonds. The molecule has 98 valence electrons. The number of carbonyl (C=O) groups is 1. The number of aromatic carboxylic acids is 1. The summed E-state index contributed by atoms with van der Waals surface area (Å²) in [6, 6.07) is 5.21. The highest BCUT2D eigenvalue weighted by Crippen LogP contribution is 2.29. The SMILES string of the molecule is COC1CCCC1Nc1cccc(Cl)c1C(=O)O. The molecule has 1 aromatic rings. The maximum Gasteiger partial charge on any atom is 0.339 e. The summed E-state index contributed by atoms with van der Waals surface area (Å²) >= 11 is 5.93. The molecule has 0 bridgehead atoms. The van der Waals surface area contributed by atoms with Crippen molar-refractivity contribution in [2.45, 2.75) is 31.4 Å². The predicted molar refractivity (Wildman–Crippen MR) is 70.5 cm³/mol. The Morgan fingerprint density at radius 1 is 1.50 bits per heavy atom. The number of anilines is 1. The van der Waals surface area contributed by atoms with Gasteiger partial charge in [0.2, 0.25) is 0 Å². The number of methoxy groups -OCH3 is 1. The van der Waals surface area contributed by atoms with Crippen molar-refractivity contribution in [1.82, 2.24) is 0 Å². The molecule has 4 nitrogen and oxygen atoms in total. The average Bonchev–Trinajstić information content (AvgIpc) is 2.76. The van der Waals surface area contributed by atoms with Crippen molar-refractivity contribution >= 4 is 23.3 Å². The average molecular weight is 270 g/mol. The second kappa shape index (κ2) is 5.59. The predicted octanol–water partition coefficient (Wildman–Crippen LogP) is 3.02. The van der Waals surface area contributed by atoms with Crippen LogP contribution in [0.5, 0.6) is 0 Å². The van der Waals surface area contributed by atoms with Gasteiger partial charge in [-0.3, -0.25) is 0 Å². The molecule has 0 saturated heterocycles. The fourth-order valence-electron chi connectivity index (χ4n) is 2.43. The maximum atomic E-state index is 11.2. The first-order valence-corrected chi connectivity index (χ1v) is 6.32. The van der Waals surface area contributed by atoms with Crippen LogP contribution < -0.4 is 5.32 Å². The van der Waals surface area contributed by atoms with Gasteiger partial charge in [-0.25, -0.2) is 4.79 Å². The van der Waals surface area contributed by atoms with Crippen LogP contribution in [0.25, 0.3) is 0 Å². The molecule has 2 rings (SSSR count). The summed E-state index contributed by atoms with van der Waals surface area (Å²) in [5.41, 5.74) is 0.685. The Kier molecular flexibility index (Phi) is 4.09. The summed E-state index contributed by atoms with van der Waals surface area (Å²) in [4.78, 5) is 11.2. The number of hydrogen-bond acceptors (Lipinski definition) is 3. The van der Waals surface area contributed by atoms with E-state index in [1.165, 1.54) is 0 Å². The van der Waals surface area contributed by atoms with Gasteiger partial charge in [-0.2, -0.15) is 0 Å². The Bertz CT molecular complexity index is 450. The third kappa shape index (κ3) is 2.60. The van der Waals surface area contributed by atoms with Crippen molar-refractivity contribution in [2.24, 2.45) is 0 Å². The molecular weight excluding hydrogens is 254 g/mol. The van der Waals surface area contributed by atoms with E-state index in [4.69, 9.17) is 16.3 Å². The van der Waals surface area contributed by atoms with E-state index in [0.717, 1.165) is 19.3 Å². The van der Waals surface area contributed by atoms with Crippen molar-refractivity contribution in [3.8, 4) is 0 Å². The normalized spacial score (nSPS) is 23.0. The molecular formula is C13H16ClNO3. The maximum absolute atomic E-state index is 11.2. The van der Waals surface area contributed by atoms with E-state index in [9.17, 15) is 9.90 Å². The Morgan fingerprint density at radius 3 is 2.94 bits per heavy atom. The van der Waals surface area contributed by atoms with Crippen LogP contribution in [0.1, 0.15) is 29.6 Å². The van der Waals surface area contributed by atoms with Gasteiger partial charge in [0, 0.05) is 7.11 Å². The van der Waals surface area contributed by atoms with Crippen molar-refractivity contribution in [1.29, 1.82) is 0 Å². The lowest BCUT2D eigenvalue weighted by Crippen LogP contribution is -2.30. The first-order valence-electron chi connectivity index (χ1n) is 5.94. The van der Waals surface area contributed by atoms with Crippen LogP contribution in [0.2, 0.25) is 5.02 Å². The van der Waals surface area contributed by atoms with Gasteiger partial charge in [0.05, 0.1) is 22.9 Å². The van der Waals surface area contributed by atoms with E-state index in [1.807, 2.05) is 0 Å². The number of ether oxygens (including phenoxy) is 1. The highest BCUT2D eigenvalue weighted by Gasteiger charge is 2.28. The van der Waals surface area contributed by atoms with Gasteiger partial charge in [-0.15, -0.1) is 0 Å². The quantitative estimate of drug-likeness (QED) is 0.882. The van der Waals surface area contributed by atoms with E-state index in [0.29, 0.717) is 5.69 Å². The lowest BCUT2D eigenvalue weighted by molar-refractivity contribution is 0.0697. The first kappa shape index (κ1) is 13.2. The number of rotatable bonds is 4. The lowest BCUT2D eigenvalue weighted by atomic mass is 10.1. The summed E-state index contributed by atoms with van der Waals surface area (Å²) in [7, 11) is 1.68. The number of halogens is 1. The zero-order valence-corrected chi connectivity index (χ0v) is 10.9. The second-order valence-electron chi connectivity index (χ2n) is 4.42. The highest BCUT2D eigenvalue weighted by atomic mass is 35.5. The number of benzene rings is 1. The molecule has 1 aliphatic rings. The molecule has 5 heteroatoms. The number of hydrogen-bond donors (Lipinski definition) is 2. The van der Waals surface area contributed by atoms with Crippen LogP contribution in [-0.4, -0.2) is 30.3 Å².